The number of nitrogens with zero attached hydrogens (tertiary/aromatic N) is 1. The number of carbonyl (C=O) groups excluding carboxylic acids is 2. The molecule has 6 heteroatoms. The number of allylic oxidation sites excluding steroid dienone is 2. The molecular formula is C20H26ClNO4. The molecule has 2 rings (SSSR count). The fourth-order valence-corrected chi connectivity index (χ4v) is 3.59. The molecule has 0 spiro atoms. The number of ketones is 1. The van der Waals surface area contributed by atoms with Gasteiger partial charge in [-0.05, 0) is 49.0 Å². The van der Waals surface area contributed by atoms with Gasteiger partial charge in [0.1, 0.15) is 0 Å². The van der Waals surface area contributed by atoms with E-state index in [1.165, 1.54) is 12.2 Å². The van der Waals surface area contributed by atoms with Crippen molar-refractivity contribution in [3.8, 4) is 0 Å². The Morgan fingerprint density at radius 2 is 2.04 bits per heavy atom. The van der Waals surface area contributed by atoms with Crippen LogP contribution in [0.5, 0.6) is 0 Å². The molecule has 0 bridgehead atoms. The van der Waals surface area contributed by atoms with Crippen LogP contribution in [0.2, 0.25) is 5.02 Å². The Bertz CT molecular complexity index is 726. The van der Waals surface area contributed by atoms with Gasteiger partial charge < -0.3 is 4.74 Å². The van der Waals surface area contributed by atoms with E-state index in [0.29, 0.717) is 17.2 Å². The fourth-order valence-electron chi connectivity index (χ4n) is 3.39. The van der Waals surface area contributed by atoms with Gasteiger partial charge in [-0.3, -0.25) is 14.4 Å². The molecule has 1 atom stereocenters. The van der Waals surface area contributed by atoms with Gasteiger partial charge in [-0.1, -0.05) is 37.6 Å². The summed E-state index contributed by atoms with van der Waals surface area (Å²) in [6.07, 6.45) is 1.19. The second kappa shape index (κ2) is 8.23. The van der Waals surface area contributed by atoms with Crippen LogP contribution in [0.25, 0.3) is 0 Å². The molecule has 1 aromatic rings. The molecule has 0 aliphatic heterocycles. The van der Waals surface area contributed by atoms with E-state index in [9.17, 15) is 9.59 Å². The molecule has 26 heavy (non-hydrogen) atoms. The summed E-state index contributed by atoms with van der Waals surface area (Å²) >= 11 is 6.02. The third kappa shape index (κ3) is 4.86. The Kier molecular flexibility index (Phi) is 6.48. The van der Waals surface area contributed by atoms with Crippen LogP contribution >= 0.6 is 11.6 Å². The Morgan fingerprint density at radius 1 is 1.35 bits per heavy atom. The molecule has 1 aliphatic rings. The summed E-state index contributed by atoms with van der Waals surface area (Å²) in [5, 5.41) is 1.82. The summed E-state index contributed by atoms with van der Waals surface area (Å²) in [5.74, 6) is -0.111. The van der Waals surface area contributed by atoms with Crippen LogP contribution in [0.4, 0.5) is 0 Å². The summed E-state index contributed by atoms with van der Waals surface area (Å²) < 4.78 is 5.59. The van der Waals surface area contributed by atoms with Gasteiger partial charge in [0.2, 0.25) is 0 Å². The van der Waals surface area contributed by atoms with E-state index >= 15 is 0 Å². The lowest BCUT2D eigenvalue weighted by molar-refractivity contribution is -0.191. The summed E-state index contributed by atoms with van der Waals surface area (Å²) in [5.41, 5.74) is 1.65. The minimum atomic E-state index is -0.363. The Hall–Kier alpha value is -1.85. The molecule has 1 amide bonds. The highest BCUT2D eigenvalue weighted by Gasteiger charge is 2.33. The average Bonchev–Trinajstić information content (AvgIpc) is 2.53. The number of amides is 1. The van der Waals surface area contributed by atoms with Crippen molar-refractivity contribution in [2.24, 2.45) is 5.41 Å². The Morgan fingerprint density at radius 3 is 2.62 bits per heavy atom. The molecule has 5 nitrogen and oxygen atoms in total. The van der Waals surface area contributed by atoms with Crippen molar-refractivity contribution in [2.75, 3.05) is 13.7 Å². The van der Waals surface area contributed by atoms with Gasteiger partial charge >= 0.3 is 0 Å². The lowest BCUT2D eigenvalue weighted by Crippen LogP contribution is -2.36. The highest BCUT2D eigenvalue weighted by atomic mass is 35.5. The lowest BCUT2D eigenvalue weighted by Gasteiger charge is -2.31. The van der Waals surface area contributed by atoms with Crippen molar-refractivity contribution in [3.63, 3.8) is 0 Å². The predicted molar refractivity (Wildman–Crippen MR) is 100 cm³/mol. The molecule has 0 saturated carbocycles. The van der Waals surface area contributed by atoms with E-state index in [-0.39, 0.29) is 29.8 Å². The average molecular weight is 380 g/mol. The van der Waals surface area contributed by atoms with Crippen molar-refractivity contribution >= 4 is 23.3 Å². The highest BCUT2D eigenvalue weighted by molar-refractivity contribution is 6.30. The number of Topliss-reactive ketones (excluding diaryl/α,β-unsaturated/α-hetero) is 1. The van der Waals surface area contributed by atoms with E-state index in [4.69, 9.17) is 21.2 Å². The molecule has 0 fully saturated rings. The highest BCUT2D eigenvalue weighted by Crippen LogP contribution is 2.36. The first-order chi connectivity index (χ1) is 12.1. The predicted octanol–water partition coefficient (Wildman–Crippen LogP) is 4.47. The summed E-state index contributed by atoms with van der Waals surface area (Å²) in [7, 11) is 1.43. The summed E-state index contributed by atoms with van der Waals surface area (Å²) in [6.45, 7) is 7.57. The number of hydrogen-bond donors (Lipinski definition) is 0. The summed E-state index contributed by atoms with van der Waals surface area (Å²) in [4.78, 5) is 30.1. The zero-order chi connectivity index (χ0) is 19.5. The second-order valence-corrected chi connectivity index (χ2v) is 7.91. The van der Waals surface area contributed by atoms with Crippen LogP contribution in [-0.4, -0.2) is 30.5 Å². The number of hydroxylamine groups is 2. The van der Waals surface area contributed by atoms with Crippen molar-refractivity contribution in [3.05, 3.63) is 46.2 Å². The maximum Gasteiger partial charge on any atom is 0.284 e. The first-order valence-electron chi connectivity index (χ1n) is 8.62. The monoisotopic (exact) mass is 379 g/mol. The van der Waals surface area contributed by atoms with E-state index < -0.39 is 0 Å². The number of hydrogen-bond acceptors (Lipinski definition) is 4. The molecule has 0 saturated heterocycles. The number of halogens is 1. The zero-order valence-corrected chi connectivity index (χ0v) is 16.7. The first-order valence-corrected chi connectivity index (χ1v) is 9.00. The minimum absolute atomic E-state index is 0.0570. The van der Waals surface area contributed by atoms with Gasteiger partial charge in [-0.25, -0.2) is 5.06 Å². The van der Waals surface area contributed by atoms with Crippen LogP contribution in [0.3, 0.4) is 0 Å². The fraction of sp³-hybridized carbons (Fsp3) is 0.500. The van der Waals surface area contributed by atoms with Crippen LogP contribution in [0.1, 0.15) is 52.1 Å². The normalized spacial score (nSPS) is 17.8. The van der Waals surface area contributed by atoms with Gasteiger partial charge in [0.15, 0.2) is 18.1 Å². The topological polar surface area (TPSA) is 55.8 Å². The van der Waals surface area contributed by atoms with Crippen LogP contribution in [0.15, 0.2) is 35.6 Å². The largest absolute Gasteiger partial charge is 0.480 e. The number of rotatable bonds is 6. The van der Waals surface area contributed by atoms with E-state index in [1.807, 2.05) is 26.0 Å². The van der Waals surface area contributed by atoms with E-state index in [0.717, 1.165) is 17.6 Å². The lowest BCUT2D eigenvalue weighted by atomic mass is 9.76. The Balaban J connectivity index is 2.07. The van der Waals surface area contributed by atoms with Crippen LogP contribution < -0.4 is 0 Å². The summed E-state index contributed by atoms with van der Waals surface area (Å²) in [6, 6.07) is 6.90. The van der Waals surface area contributed by atoms with E-state index in [2.05, 4.69) is 13.8 Å². The van der Waals surface area contributed by atoms with Gasteiger partial charge in [0.05, 0.1) is 13.2 Å². The third-order valence-corrected chi connectivity index (χ3v) is 4.72. The zero-order valence-electron chi connectivity index (χ0n) is 16.0. The van der Waals surface area contributed by atoms with Crippen LogP contribution in [-0.2, 0) is 19.2 Å². The van der Waals surface area contributed by atoms with Gasteiger partial charge in [0.25, 0.3) is 5.91 Å². The number of carbonyl (C=O) groups is 2. The third-order valence-electron chi connectivity index (χ3n) is 4.49. The van der Waals surface area contributed by atoms with Gasteiger partial charge in [-0.2, -0.15) is 0 Å². The molecule has 0 N–H and O–H groups in total. The molecule has 142 valence electrons. The Labute approximate surface area is 159 Å². The molecule has 0 radical (unpaired) electrons. The SMILES string of the molecule is CON(C(=O)COC1=C(C)CC(C)(C)CC1=O)C(C)c1cccc(Cl)c1. The molecule has 0 heterocycles. The quantitative estimate of drug-likeness (QED) is 0.684. The van der Waals surface area contributed by atoms with Crippen LogP contribution in [0, 0.1) is 5.41 Å². The van der Waals surface area contributed by atoms with Crippen molar-refractivity contribution < 1.29 is 19.2 Å². The molecule has 1 aliphatic carbocycles. The second-order valence-electron chi connectivity index (χ2n) is 7.47. The standard InChI is InChI=1S/C20H26ClNO4/c1-13-10-20(3,4)11-17(23)19(13)26-12-18(24)22(25-5)14(2)15-7-6-8-16(21)9-15/h6-9,14H,10-12H2,1-5H3. The molecule has 1 aromatic carbocycles. The van der Waals surface area contributed by atoms with Crippen molar-refractivity contribution in [1.82, 2.24) is 5.06 Å². The maximum absolute atomic E-state index is 12.6. The maximum atomic E-state index is 12.6. The number of benzene rings is 1. The number of ether oxygens (including phenoxy) is 1. The molecule has 1 unspecified atom stereocenters. The molecule has 0 aromatic heterocycles. The van der Waals surface area contributed by atoms with E-state index in [1.54, 1.807) is 12.1 Å². The smallest absolute Gasteiger partial charge is 0.284 e. The first kappa shape index (κ1) is 20.5. The molecular weight excluding hydrogens is 354 g/mol. The van der Waals surface area contributed by atoms with Crippen molar-refractivity contribution in [1.29, 1.82) is 0 Å². The van der Waals surface area contributed by atoms with Gasteiger partial charge in [-0.15, -0.1) is 0 Å². The van der Waals surface area contributed by atoms with Gasteiger partial charge in [0, 0.05) is 11.4 Å². The van der Waals surface area contributed by atoms with Crippen molar-refractivity contribution in [2.45, 2.75) is 46.6 Å². The minimum Gasteiger partial charge on any atom is -0.480 e.